The topological polar surface area (TPSA) is 92.6 Å². The molecule has 0 aliphatic carbocycles. The fourth-order valence-electron chi connectivity index (χ4n) is 5.30. The van der Waals surface area contributed by atoms with Gasteiger partial charge in [-0.05, 0) is 26.7 Å². The summed E-state index contributed by atoms with van der Waals surface area (Å²) >= 11 is 0. The van der Waals surface area contributed by atoms with Gasteiger partial charge in [-0.3, -0.25) is 4.79 Å². The first-order valence-electron chi connectivity index (χ1n) is 13.1. The number of rotatable bonds is 5. The lowest BCUT2D eigenvalue weighted by atomic mass is 10.0. The monoisotopic (exact) mass is 544 g/mol. The second-order valence-electron chi connectivity index (χ2n) is 10.00. The minimum atomic E-state index is -2.93. The normalized spacial score (nSPS) is 17.6. The molecule has 2 fully saturated rings. The van der Waals surface area contributed by atoms with E-state index in [0.29, 0.717) is 74.5 Å². The van der Waals surface area contributed by atoms with Crippen LogP contribution in [0.25, 0.3) is 10.8 Å². The predicted octanol–water partition coefficient (Wildman–Crippen LogP) is 4.44. The molecule has 39 heavy (non-hydrogen) atoms. The third-order valence-electron chi connectivity index (χ3n) is 7.55. The van der Waals surface area contributed by atoms with Gasteiger partial charge in [-0.2, -0.15) is 5.10 Å². The van der Waals surface area contributed by atoms with E-state index in [2.05, 4.69) is 15.5 Å². The summed E-state index contributed by atoms with van der Waals surface area (Å²) in [5.74, 6) is -0.647. The number of fused-ring (bicyclic) bond motifs is 1. The Bertz CT molecular complexity index is 1420. The number of aryl methyl sites for hydroxylation is 1. The largest absolute Gasteiger partial charge is 0.378 e. The van der Waals surface area contributed by atoms with Gasteiger partial charge in [0, 0.05) is 60.8 Å². The zero-order chi connectivity index (χ0) is 27.7. The number of piperidine rings is 1. The number of halogens is 3. The van der Waals surface area contributed by atoms with Gasteiger partial charge in [-0.25, -0.2) is 18.0 Å². The average molecular weight is 545 g/mol. The zero-order valence-electron chi connectivity index (χ0n) is 21.9. The van der Waals surface area contributed by atoms with Crippen molar-refractivity contribution in [3.8, 4) is 0 Å². The van der Waals surface area contributed by atoms with E-state index in [4.69, 9.17) is 4.74 Å². The van der Waals surface area contributed by atoms with Crippen molar-refractivity contribution < 1.29 is 22.7 Å². The van der Waals surface area contributed by atoms with Gasteiger partial charge >= 0.3 is 6.03 Å². The summed E-state index contributed by atoms with van der Waals surface area (Å²) in [5.41, 5.74) is -0.210. The number of morpholine rings is 1. The lowest BCUT2D eigenvalue weighted by Gasteiger charge is -2.37. The van der Waals surface area contributed by atoms with Crippen LogP contribution in [0.2, 0.25) is 0 Å². The highest BCUT2D eigenvalue weighted by Gasteiger charge is 2.29. The van der Waals surface area contributed by atoms with E-state index in [0.717, 1.165) is 6.07 Å². The fourth-order valence-corrected chi connectivity index (χ4v) is 5.30. The Labute approximate surface area is 223 Å². The molecule has 2 aliphatic heterocycles. The Balaban J connectivity index is 1.39. The number of hydrogen-bond donors (Lipinski definition) is 1. The van der Waals surface area contributed by atoms with E-state index < -0.39 is 23.8 Å². The Kier molecular flexibility index (Phi) is 7.74. The number of likely N-dealkylation sites (tertiary alicyclic amines) is 1. The Morgan fingerprint density at radius 2 is 1.72 bits per heavy atom. The van der Waals surface area contributed by atoms with Crippen molar-refractivity contribution in [3.63, 3.8) is 0 Å². The maximum Gasteiger partial charge on any atom is 0.320 e. The summed E-state index contributed by atoms with van der Waals surface area (Å²) in [6.45, 7) is 6.68. The number of nitrogens with zero attached hydrogens (tertiary/aromatic N) is 5. The first-order valence-corrected chi connectivity index (χ1v) is 13.1. The molecule has 2 aromatic heterocycles. The molecule has 2 amide bonds. The quantitative estimate of drug-likeness (QED) is 0.511. The third-order valence-corrected chi connectivity index (χ3v) is 7.55. The summed E-state index contributed by atoms with van der Waals surface area (Å²) in [6.07, 6.45) is 0.0278. The second kappa shape index (κ2) is 11.2. The summed E-state index contributed by atoms with van der Waals surface area (Å²) in [7, 11) is 0. The molecule has 1 aromatic carbocycles. The molecule has 0 radical (unpaired) electrons. The maximum atomic E-state index is 14.8. The van der Waals surface area contributed by atoms with Crippen molar-refractivity contribution in [2.75, 3.05) is 44.7 Å². The summed E-state index contributed by atoms with van der Waals surface area (Å²) in [6, 6.07) is 4.61. The standard InChI is InChI=1S/C27H31F3N6O3/c1-16(19-4-3-5-20(24(19)28)25(29)30)31-26-22-15-36(23(37)14-21(22)17(2)32-33-26)18-6-8-34(9-7-18)27(38)35-10-12-39-13-11-35/h3-5,14-16,18,25H,6-13H2,1-2H3,(H,31,33)/t16-/m1/s1. The minimum absolute atomic E-state index is 0.00266. The van der Waals surface area contributed by atoms with Gasteiger partial charge in [-0.15, -0.1) is 5.10 Å². The Morgan fingerprint density at radius 1 is 1.05 bits per heavy atom. The maximum absolute atomic E-state index is 14.8. The van der Waals surface area contributed by atoms with Crippen molar-refractivity contribution in [2.24, 2.45) is 0 Å². The molecule has 208 valence electrons. The van der Waals surface area contributed by atoms with Crippen LogP contribution in [0.1, 0.15) is 55.1 Å². The van der Waals surface area contributed by atoms with Crippen molar-refractivity contribution >= 4 is 22.6 Å². The van der Waals surface area contributed by atoms with E-state index in [9.17, 15) is 22.8 Å². The molecule has 5 rings (SSSR count). The molecular weight excluding hydrogens is 513 g/mol. The molecule has 2 saturated heterocycles. The van der Waals surface area contributed by atoms with Crippen molar-refractivity contribution in [1.29, 1.82) is 0 Å². The molecule has 4 heterocycles. The van der Waals surface area contributed by atoms with E-state index in [1.807, 2.05) is 4.90 Å². The van der Waals surface area contributed by atoms with Gasteiger partial charge < -0.3 is 24.4 Å². The number of urea groups is 1. The molecular formula is C27H31F3N6O3. The molecule has 9 nitrogen and oxygen atoms in total. The van der Waals surface area contributed by atoms with Crippen LogP contribution < -0.4 is 10.9 Å². The summed E-state index contributed by atoms with van der Waals surface area (Å²) in [4.78, 5) is 29.6. The van der Waals surface area contributed by atoms with Crippen LogP contribution in [0.4, 0.5) is 23.8 Å². The summed E-state index contributed by atoms with van der Waals surface area (Å²) in [5, 5.41) is 12.7. The number of alkyl halides is 2. The first kappa shape index (κ1) is 26.9. The number of anilines is 1. The van der Waals surface area contributed by atoms with E-state index in [-0.39, 0.29) is 23.2 Å². The number of amides is 2. The van der Waals surface area contributed by atoms with E-state index >= 15 is 0 Å². The van der Waals surface area contributed by atoms with Gasteiger partial charge in [-0.1, -0.05) is 18.2 Å². The van der Waals surface area contributed by atoms with Crippen LogP contribution >= 0.6 is 0 Å². The van der Waals surface area contributed by atoms with Crippen molar-refractivity contribution in [2.45, 2.75) is 45.2 Å². The number of hydrogen-bond acceptors (Lipinski definition) is 6. The molecule has 3 aromatic rings. The SMILES string of the molecule is Cc1nnc(N[C@H](C)c2cccc(C(F)F)c2F)c2cn(C3CCN(C(=O)N4CCOCC4)CC3)c(=O)cc12. The van der Waals surface area contributed by atoms with Crippen molar-refractivity contribution in [1.82, 2.24) is 24.6 Å². The smallest absolute Gasteiger partial charge is 0.320 e. The second-order valence-corrected chi connectivity index (χ2v) is 10.00. The third kappa shape index (κ3) is 5.42. The zero-order valence-corrected chi connectivity index (χ0v) is 21.9. The number of carbonyl (C=O) groups is 1. The molecule has 2 aliphatic rings. The highest BCUT2D eigenvalue weighted by Crippen LogP contribution is 2.31. The molecule has 0 bridgehead atoms. The fraction of sp³-hybridized carbons (Fsp3) is 0.481. The van der Waals surface area contributed by atoms with Crippen LogP contribution in [-0.2, 0) is 4.74 Å². The Morgan fingerprint density at radius 3 is 2.41 bits per heavy atom. The lowest BCUT2D eigenvalue weighted by Crippen LogP contribution is -2.50. The highest BCUT2D eigenvalue weighted by molar-refractivity contribution is 5.92. The van der Waals surface area contributed by atoms with Gasteiger partial charge in [0.15, 0.2) is 5.82 Å². The van der Waals surface area contributed by atoms with Gasteiger partial charge in [0.1, 0.15) is 5.82 Å². The van der Waals surface area contributed by atoms with E-state index in [1.165, 1.54) is 18.2 Å². The number of aromatic nitrogens is 3. The van der Waals surface area contributed by atoms with Gasteiger partial charge in [0.25, 0.3) is 12.0 Å². The molecule has 1 N–H and O–H groups in total. The highest BCUT2D eigenvalue weighted by atomic mass is 19.3. The minimum Gasteiger partial charge on any atom is -0.378 e. The van der Waals surface area contributed by atoms with Crippen LogP contribution in [0.5, 0.6) is 0 Å². The lowest BCUT2D eigenvalue weighted by molar-refractivity contribution is 0.0402. The summed E-state index contributed by atoms with van der Waals surface area (Å²) < 4.78 is 48.2. The van der Waals surface area contributed by atoms with Crippen LogP contribution in [-0.4, -0.2) is 70.0 Å². The van der Waals surface area contributed by atoms with E-state index in [1.54, 1.807) is 29.5 Å². The molecule has 0 unspecified atom stereocenters. The molecule has 0 spiro atoms. The Hall–Kier alpha value is -3.67. The van der Waals surface area contributed by atoms with Gasteiger partial charge in [0.2, 0.25) is 0 Å². The average Bonchev–Trinajstić information content (AvgIpc) is 2.94. The first-order chi connectivity index (χ1) is 18.7. The van der Waals surface area contributed by atoms with Crippen molar-refractivity contribution in [3.05, 3.63) is 63.5 Å². The number of benzene rings is 1. The molecule has 0 saturated carbocycles. The number of ether oxygens (including phenoxy) is 1. The number of carbonyl (C=O) groups excluding carboxylic acids is 1. The van der Waals surface area contributed by atoms with Crippen LogP contribution in [0, 0.1) is 12.7 Å². The van der Waals surface area contributed by atoms with Crippen LogP contribution in [0.15, 0.2) is 35.3 Å². The molecule has 1 atom stereocenters. The number of nitrogens with one attached hydrogen (secondary N) is 1. The molecule has 12 heteroatoms. The predicted molar refractivity (Wildman–Crippen MR) is 140 cm³/mol. The van der Waals surface area contributed by atoms with Crippen LogP contribution in [0.3, 0.4) is 0 Å². The number of pyridine rings is 1. The van der Waals surface area contributed by atoms with Gasteiger partial charge in [0.05, 0.1) is 30.5 Å².